The summed E-state index contributed by atoms with van der Waals surface area (Å²) in [6, 6.07) is 13.2. The Kier molecular flexibility index (Phi) is 4.96. The van der Waals surface area contributed by atoms with Crippen molar-refractivity contribution in [3.05, 3.63) is 65.2 Å². The molecule has 1 nitrogen and oxygen atoms in total. The monoisotopic (exact) mass is 311 g/mol. The molecule has 2 rings (SSSR count). The number of thioether (sulfide) groups is 1. The quantitative estimate of drug-likeness (QED) is 0.803. The summed E-state index contributed by atoms with van der Waals surface area (Å²) in [6.45, 7) is 1.91. The van der Waals surface area contributed by atoms with Crippen molar-refractivity contribution in [2.75, 3.05) is 0 Å². The van der Waals surface area contributed by atoms with E-state index in [0.717, 1.165) is 16.5 Å². The SMILES string of the molecule is CC(N)c1ccc(SCc2cccc(C(F)(F)F)c2)cc1. The Morgan fingerprint density at radius 1 is 1.10 bits per heavy atom. The van der Waals surface area contributed by atoms with E-state index in [0.29, 0.717) is 11.3 Å². The molecule has 1 unspecified atom stereocenters. The van der Waals surface area contributed by atoms with E-state index >= 15 is 0 Å². The molecule has 2 N–H and O–H groups in total. The van der Waals surface area contributed by atoms with Crippen molar-refractivity contribution in [3.8, 4) is 0 Å². The summed E-state index contributed by atoms with van der Waals surface area (Å²) in [5, 5.41) is 0. The molecule has 1 atom stereocenters. The van der Waals surface area contributed by atoms with Crippen LogP contribution >= 0.6 is 11.8 Å². The lowest BCUT2D eigenvalue weighted by molar-refractivity contribution is -0.137. The van der Waals surface area contributed by atoms with Gasteiger partial charge in [0.05, 0.1) is 5.56 Å². The molecule has 0 aliphatic carbocycles. The van der Waals surface area contributed by atoms with Crippen molar-refractivity contribution < 1.29 is 13.2 Å². The van der Waals surface area contributed by atoms with E-state index in [1.54, 1.807) is 6.07 Å². The lowest BCUT2D eigenvalue weighted by Gasteiger charge is -2.09. The van der Waals surface area contributed by atoms with Crippen LogP contribution in [-0.4, -0.2) is 0 Å². The van der Waals surface area contributed by atoms with Gasteiger partial charge in [-0.1, -0.05) is 30.3 Å². The van der Waals surface area contributed by atoms with Crippen LogP contribution in [0.5, 0.6) is 0 Å². The zero-order valence-electron chi connectivity index (χ0n) is 11.5. The van der Waals surface area contributed by atoms with E-state index in [1.165, 1.54) is 23.9 Å². The number of nitrogens with two attached hydrogens (primary N) is 1. The molecule has 0 saturated heterocycles. The van der Waals surface area contributed by atoms with Crippen LogP contribution in [-0.2, 0) is 11.9 Å². The second-order valence-corrected chi connectivity index (χ2v) is 5.89. The zero-order chi connectivity index (χ0) is 15.5. The van der Waals surface area contributed by atoms with E-state index in [9.17, 15) is 13.2 Å². The second-order valence-electron chi connectivity index (χ2n) is 4.84. The third-order valence-corrected chi connectivity index (χ3v) is 4.15. The standard InChI is InChI=1S/C16H16F3NS/c1-11(20)13-5-7-15(8-6-13)21-10-12-3-2-4-14(9-12)16(17,18)19/h2-9,11H,10,20H2,1H3. The fourth-order valence-corrected chi connectivity index (χ4v) is 2.71. The minimum atomic E-state index is -4.29. The summed E-state index contributed by atoms with van der Waals surface area (Å²) in [5.74, 6) is 0.501. The second kappa shape index (κ2) is 6.54. The van der Waals surface area contributed by atoms with Gasteiger partial charge in [-0.3, -0.25) is 0 Å². The number of alkyl halides is 3. The molecule has 5 heteroatoms. The van der Waals surface area contributed by atoms with E-state index in [-0.39, 0.29) is 6.04 Å². The van der Waals surface area contributed by atoms with Gasteiger partial charge in [0, 0.05) is 16.7 Å². The maximum absolute atomic E-state index is 12.6. The third-order valence-electron chi connectivity index (χ3n) is 3.07. The van der Waals surface area contributed by atoms with Gasteiger partial charge < -0.3 is 5.73 Å². The van der Waals surface area contributed by atoms with Gasteiger partial charge >= 0.3 is 6.18 Å². The fourth-order valence-electron chi connectivity index (χ4n) is 1.87. The first-order valence-corrected chi connectivity index (χ1v) is 7.49. The van der Waals surface area contributed by atoms with Gasteiger partial charge in [0.15, 0.2) is 0 Å². The molecule has 112 valence electrons. The maximum atomic E-state index is 12.6. The Balaban J connectivity index is 2.03. The topological polar surface area (TPSA) is 26.0 Å². The average Bonchev–Trinajstić information content (AvgIpc) is 2.45. The Hall–Kier alpha value is -1.46. The first-order valence-electron chi connectivity index (χ1n) is 6.51. The number of rotatable bonds is 4. The molecule has 0 fully saturated rings. The van der Waals surface area contributed by atoms with Crippen molar-refractivity contribution in [1.82, 2.24) is 0 Å². The molecular weight excluding hydrogens is 295 g/mol. The molecule has 0 aliphatic heterocycles. The Bertz CT molecular complexity index is 591. The van der Waals surface area contributed by atoms with Crippen molar-refractivity contribution in [1.29, 1.82) is 0 Å². The molecular formula is C16H16F3NS. The minimum absolute atomic E-state index is 0.0208. The summed E-state index contributed by atoms with van der Waals surface area (Å²) in [5.41, 5.74) is 6.87. The summed E-state index contributed by atoms with van der Waals surface area (Å²) >= 11 is 1.51. The van der Waals surface area contributed by atoms with E-state index in [4.69, 9.17) is 5.73 Å². The normalized spacial score (nSPS) is 13.2. The summed E-state index contributed by atoms with van der Waals surface area (Å²) < 4.78 is 37.9. The van der Waals surface area contributed by atoms with Crippen LogP contribution in [0.1, 0.15) is 29.7 Å². The molecule has 0 heterocycles. The molecule has 0 spiro atoms. The van der Waals surface area contributed by atoms with Crippen molar-refractivity contribution in [2.24, 2.45) is 5.73 Å². The zero-order valence-corrected chi connectivity index (χ0v) is 12.3. The van der Waals surface area contributed by atoms with Crippen LogP contribution in [0.4, 0.5) is 13.2 Å². The third kappa shape index (κ3) is 4.51. The van der Waals surface area contributed by atoms with Crippen LogP contribution in [0.25, 0.3) is 0 Å². The first kappa shape index (κ1) is 15.9. The van der Waals surface area contributed by atoms with Gasteiger partial charge in [0.25, 0.3) is 0 Å². The Morgan fingerprint density at radius 2 is 1.76 bits per heavy atom. The van der Waals surface area contributed by atoms with Crippen LogP contribution in [0.2, 0.25) is 0 Å². The van der Waals surface area contributed by atoms with Crippen molar-refractivity contribution >= 4 is 11.8 Å². The lowest BCUT2D eigenvalue weighted by atomic mass is 10.1. The predicted molar refractivity (Wildman–Crippen MR) is 80.0 cm³/mol. The average molecular weight is 311 g/mol. The lowest BCUT2D eigenvalue weighted by Crippen LogP contribution is -2.05. The van der Waals surface area contributed by atoms with Crippen LogP contribution in [0, 0.1) is 0 Å². The van der Waals surface area contributed by atoms with Crippen molar-refractivity contribution in [3.63, 3.8) is 0 Å². The molecule has 0 bridgehead atoms. The van der Waals surface area contributed by atoms with E-state index in [1.807, 2.05) is 31.2 Å². The smallest absolute Gasteiger partial charge is 0.324 e. The van der Waals surface area contributed by atoms with E-state index in [2.05, 4.69) is 0 Å². The summed E-state index contributed by atoms with van der Waals surface area (Å²) in [4.78, 5) is 1.01. The summed E-state index contributed by atoms with van der Waals surface area (Å²) in [6.07, 6.45) is -4.29. The Labute approximate surface area is 126 Å². The van der Waals surface area contributed by atoms with E-state index < -0.39 is 11.7 Å². The minimum Gasteiger partial charge on any atom is -0.324 e. The molecule has 2 aromatic carbocycles. The molecule has 2 aromatic rings. The van der Waals surface area contributed by atoms with Gasteiger partial charge in [-0.25, -0.2) is 0 Å². The highest BCUT2D eigenvalue weighted by Crippen LogP contribution is 2.31. The Morgan fingerprint density at radius 3 is 2.33 bits per heavy atom. The fraction of sp³-hybridized carbons (Fsp3) is 0.250. The van der Waals surface area contributed by atoms with Crippen LogP contribution in [0.3, 0.4) is 0 Å². The highest BCUT2D eigenvalue weighted by molar-refractivity contribution is 7.98. The molecule has 0 aromatic heterocycles. The molecule has 0 aliphatic rings. The highest BCUT2D eigenvalue weighted by atomic mass is 32.2. The van der Waals surface area contributed by atoms with Crippen LogP contribution < -0.4 is 5.73 Å². The maximum Gasteiger partial charge on any atom is 0.416 e. The van der Waals surface area contributed by atoms with Gasteiger partial charge in [-0.2, -0.15) is 13.2 Å². The first-order chi connectivity index (χ1) is 9.86. The predicted octanol–water partition coefficient (Wildman–Crippen LogP) is 5.02. The molecule has 21 heavy (non-hydrogen) atoms. The highest BCUT2D eigenvalue weighted by Gasteiger charge is 2.30. The molecule has 0 amide bonds. The van der Waals surface area contributed by atoms with Gasteiger partial charge in [-0.15, -0.1) is 11.8 Å². The van der Waals surface area contributed by atoms with Gasteiger partial charge in [0.1, 0.15) is 0 Å². The molecule has 0 radical (unpaired) electrons. The number of benzene rings is 2. The summed E-state index contributed by atoms with van der Waals surface area (Å²) in [7, 11) is 0. The number of hydrogen-bond acceptors (Lipinski definition) is 2. The van der Waals surface area contributed by atoms with Crippen molar-refractivity contribution in [2.45, 2.75) is 29.8 Å². The van der Waals surface area contributed by atoms with Gasteiger partial charge in [0.2, 0.25) is 0 Å². The number of hydrogen-bond donors (Lipinski definition) is 1. The van der Waals surface area contributed by atoms with Gasteiger partial charge in [-0.05, 0) is 36.2 Å². The molecule has 0 saturated carbocycles. The number of halogens is 3. The largest absolute Gasteiger partial charge is 0.416 e. The van der Waals surface area contributed by atoms with Crippen LogP contribution in [0.15, 0.2) is 53.4 Å².